The Morgan fingerprint density at radius 3 is 2.67 bits per heavy atom. The molecule has 27 heavy (non-hydrogen) atoms. The van der Waals surface area contributed by atoms with E-state index in [1.165, 1.54) is 19.1 Å². The lowest BCUT2D eigenvalue weighted by Gasteiger charge is -2.31. The van der Waals surface area contributed by atoms with Crippen molar-refractivity contribution in [1.29, 1.82) is 0 Å². The SMILES string of the molecule is Cc1cc(S(=O)(=O)Nc2ccccc2C(=O)N2CCCC(C)C2)ccc1F. The van der Waals surface area contributed by atoms with Gasteiger partial charge >= 0.3 is 0 Å². The monoisotopic (exact) mass is 390 g/mol. The summed E-state index contributed by atoms with van der Waals surface area (Å²) in [6.45, 7) is 4.94. The number of sulfonamides is 1. The molecule has 0 spiro atoms. The van der Waals surface area contributed by atoms with E-state index in [0.717, 1.165) is 18.9 Å². The topological polar surface area (TPSA) is 66.5 Å². The largest absolute Gasteiger partial charge is 0.338 e. The third-order valence-electron chi connectivity index (χ3n) is 4.79. The summed E-state index contributed by atoms with van der Waals surface area (Å²) in [6, 6.07) is 10.2. The molecule has 1 unspecified atom stereocenters. The highest BCUT2D eigenvalue weighted by Gasteiger charge is 2.25. The predicted octanol–water partition coefficient (Wildman–Crippen LogP) is 3.81. The minimum absolute atomic E-state index is 0.0461. The molecule has 1 amide bonds. The quantitative estimate of drug-likeness (QED) is 0.863. The van der Waals surface area contributed by atoms with E-state index in [2.05, 4.69) is 11.6 Å². The molecule has 0 saturated carbocycles. The molecule has 144 valence electrons. The van der Waals surface area contributed by atoms with Crippen LogP contribution in [0.25, 0.3) is 0 Å². The summed E-state index contributed by atoms with van der Waals surface area (Å²) in [7, 11) is -3.94. The Labute approximate surface area is 159 Å². The number of benzene rings is 2. The number of rotatable bonds is 4. The number of amides is 1. The van der Waals surface area contributed by atoms with E-state index in [4.69, 9.17) is 0 Å². The van der Waals surface area contributed by atoms with Crippen molar-refractivity contribution >= 4 is 21.6 Å². The molecule has 1 saturated heterocycles. The van der Waals surface area contributed by atoms with Gasteiger partial charge in [0.15, 0.2) is 0 Å². The summed E-state index contributed by atoms with van der Waals surface area (Å²) in [5.74, 6) is -0.229. The highest BCUT2D eigenvalue weighted by atomic mass is 32.2. The molecule has 2 aromatic rings. The van der Waals surface area contributed by atoms with Crippen molar-refractivity contribution in [3.63, 3.8) is 0 Å². The van der Waals surface area contributed by atoms with Gasteiger partial charge in [0.1, 0.15) is 5.82 Å². The third-order valence-corrected chi connectivity index (χ3v) is 6.15. The lowest BCUT2D eigenvalue weighted by molar-refractivity contribution is 0.0684. The molecule has 7 heteroatoms. The van der Waals surface area contributed by atoms with Crippen LogP contribution in [0.3, 0.4) is 0 Å². The molecule has 0 bridgehead atoms. The van der Waals surface area contributed by atoms with Crippen molar-refractivity contribution in [3.05, 3.63) is 59.4 Å². The fraction of sp³-hybridized carbons (Fsp3) is 0.350. The summed E-state index contributed by atoms with van der Waals surface area (Å²) in [5, 5.41) is 0. The number of anilines is 1. The van der Waals surface area contributed by atoms with E-state index >= 15 is 0 Å². The van der Waals surface area contributed by atoms with Gasteiger partial charge in [-0.2, -0.15) is 0 Å². The molecule has 1 atom stereocenters. The Hall–Kier alpha value is -2.41. The molecule has 2 aromatic carbocycles. The van der Waals surface area contributed by atoms with Gasteiger partial charge in [-0.25, -0.2) is 12.8 Å². The van der Waals surface area contributed by atoms with Crippen molar-refractivity contribution in [2.75, 3.05) is 17.8 Å². The van der Waals surface area contributed by atoms with Crippen LogP contribution in [0, 0.1) is 18.7 Å². The van der Waals surface area contributed by atoms with Crippen LogP contribution in [-0.2, 0) is 10.0 Å². The van der Waals surface area contributed by atoms with Crippen LogP contribution in [0.2, 0.25) is 0 Å². The minimum Gasteiger partial charge on any atom is -0.338 e. The fourth-order valence-corrected chi connectivity index (χ4v) is 4.46. The fourth-order valence-electron chi connectivity index (χ4n) is 3.29. The summed E-state index contributed by atoms with van der Waals surface area (Å²) >= 11 is 0. The van der Waals surface area contributed by atoms with Crippen LogP contribution >= 0.6 is 0 Å². The number of nitrogens with zero attached hydrogens (tertiary/aromatic N) is 1. The van der Waals surface area contributed by atoms with E-state index in [1.54, 1.807) is 29.2 Å². The molecule has 5 nitrogen and oxygen atoms in total. The number of halogens is 1. The van der Waals surface area contributed by atoms with Crippen molar-refractivity contribution in [2.45, 2.75) is 31.6 Å². The first kappa shape index (κ1) is 19.4. The second-order valence-corrected chi connectivity index (χ2v) is 8.74. The summed E-state index contributed by atoms with van der Waals surface area (Å²) in [4.78, 5) is 14.6. The summed E-state index contributed by atoms with van der Waals surface area (Å²) < 4.78 is 41.4. The number of likely N-dealkylation sites (tertiary alicyclic amines) is 1. The average molecular weight is 390 g/mol. The number of hydrogen-bond acceptors (Lipinski definition) is 3. The Balaban J connectivity index is 1.89. The summed E-state index contributed by atoms with van der Waals surface area (Å²) in [6.07, 6.45) is 2.03. The highest BCUT2D eigenvalue weighted by molar-refractivity contribution is 7.92. The number of para-hydroxylation sites is 1. The number of aryl methyl sites for hydroxylation is 1. The molecule has 1 fully saturated rings. The lowest BCUT2D eigenvalue weighted by Crippen LogP contribution is -2.39. The first-order chi connectivity index (χ1) is 12.8. The molecular weight excluding hydrogens is 367 g/mol. The van der Waals surface area contributed by atoms with Gasteiger partial charge in [0, 0.05) is 13.1 Å². The number of carbonyl (C=O) groups excluding carboxylic acids is 1. The van der Waals surface area contributed by atoms with Crippen LogP contribution in [0.5, 0.6) is 0 Å². The Bertz CT molecular complexity index is 959. The lowest BCUT2D eigenvalue weighted by atomic mass is 9.99. The maximum Gasteiger partial charge on any atom is 0.261 e. The molecule has 1 N–H and O–H groups in total. The normalized spacial score (nSPS) is 17.6. The van der Waals surface area contributed by atoms with E-state index in [9.17, 15) is 17.6 Å². The second kappa shape index (κ2) is 7.68. The molecule has 3 rings (SSSR count). The molecule has 0 radical (unpaired) electrons. The standard InChI is InChI=1S/C20H23FN2O3S/c1-14-6-5-11-23(13-14)20(24)17-7-3-4-8-19(17)22-27(25,26)16-9-10-18(21)15(2)12-16/h3-4,7-10,12,14,22H,5-6,11,13H2,1-2H3. The van der Waals surface area contributed by atoms with Crippen LogP contribution in [-0.4, -0.2) is 32.3 Å². The zero-order valence-corrected chi connectivity index (χ0v) is 16.2. The van der Waals surface area contributed by atoms with Gasteiger partial charge in [0.25, 0.3) is 15.9 Å². The first-order valence-corrected chi connectivity index (χ1v) is 10.4. The zero-order valence-electron chi connectivity index (χ0n) is 15.4. The Morgan fingerprint density at radius 1 is 1.22 bits per heavy atom. The smallest absolute Gasteiger partial charge is 0.261 e. The van der Waals surface area contributed by atoms with Crippen molar-refractivity contribution in [1.82, 2.24) is 4.90 Å². The third kappa shape index (κ3) is 4.30. The maximum absolute atomic E-state index is 13.5. The Morgan fingerprint density at radius 2 is 1.96 bits per heavy atom. The van der Waals surface area contributed by atoms with Gasteiger partial charge in [-0.3, -0.25) is 9.52 Å². The maximum atomic E-state index is 13.5. The van der Waals surface area contributed by atoms with Crippen molar-refractivity contribution < 1.29 is 17.6 Å². The molecular formula is C20H23FN2O3S. The first-order valence-electron chi connectivity index (χ1n) is 8.95. The van der Waals surface area contributed by atoms with Crippen molar-refractivity contribution in [2.24, 2.45) is 5.92 Å². The minimum atomic E-state index is -3.94. The highest BCUT2D eigenvalue weighted by Crippen LogP contribution is 2.25. The van der Waals surface area contributed by atoms with Crippen LogP contribution in [0.4, 0.5) is 10.1 Å². The molecule has 1 aliphatic rings. The molecule has 0 aromatic heterocycles. The second-order valence-electron chi connectivity index (χ2n) is 7.06. The van der Waals surface area contributed by atoms with E-state index in [-0.39, 0.29) is 22.1 Å². The van der Waals surface area contributed by atoms with Gasteiger partial charge in [-0.1, -0.05) is 19.1 Å². The average Bonchev–Trinajstić information content (AvgIpc) is 2.63. The molecule has 1 heterocycles. The van der Waals surface area contributed by atoms with Crippen LogP contribution in [0.15, 0.2) is 47.4 Å². The number of nitrogens with one attached hydrogen (secondary N) is 1. The predicted molar refractivity (Wildman–Crippen MR) is 103 cm³/mol. The van der Waals surface area contributed by atoms with Crippen molar-refractivity contribution in [3.8, 4) is 0 Å². The summed E-state index contributed by atoms with van der Waals surface area (Å²) in [5.41, 5.74) is 0.779. The van der Waals surface area contributed by atoms with Crippen LogP contribution in [0.1, 0.15) is 35.7 Å². The Kier molecular flexibility index (Phi) is 5.51. The van der Waals surface area contributed by atoms with Gasteiger partial charge in [-0.15, -0.1) is 0 Å². The molecule has 1 aliphatic heterocycles. The van der Waals surface area contributed by atoms with E-state index in [0.29, 0.717) is 24.6 Å². The van der Waals surface area contributed by atoms with Gasteiger partial charge in [0.05, 0.1) is 16.1 Å². The van der Waals surface area contributed by atoms with Gasteiger partial charge in [0.2, 0.25) is 0 Å². The number of hydrogen-bond donors (Lipinski definition) is 1. The van der Waals surface area contributed by atoms with E-state index in [1.807, 2.05) is 0 Å². The number of piperidine rings is 1. The zero-order chi connectivity index (χ0) is 19.6. The van der Waals surface area contributed by atoms with E-state index < -0.39 is 15.8 Å². The number of carbonyl (C=O) groups is 1. The van der Waals surface area contributed by atoms with Crippen LogP contribution < -0.4 is 4.72 Å². The van der Waals surface area contributed by atoms with Gasteiger partial charge in [-0.05, 0) is 61.6 Å². The van der Waals surface area contributed by atoms with Gasteiger partial charge < -0.3 is 4.90 Å². The molecule has 0 aliphatic carbocycles.